The summed E-state index contributed by atoms with van der Waals surface area (Å²) in [4.78, 5) is 4.49. The summed E-state index contributed by atoms with van der Waals surface area (Å²) in [6, 6.07) is 10.1. The van der Waals surface area contributed by atoms with Crippen molar-refractivity contribution in [1.29, 1.82) is 0 Å². The van der Waals surface area contributed by atoms with E-state index < -0.39 is 0 Å². The Kier molecular flexibility index (Phi) is 3.82. The van der Waals surface area contributed by atoms with Crippen LogP contribution in [-0.4, -0.2) is 11.1 Å². The van der Waals surface area contributed by atoms with E-state index in [0.29, 0.717) is 18.3 Å². The molecule has 1 aromatic heterocycles. The van der Waals surface area contributed by atoms with Crippen LogP contribution >= 0.6 is 0 Å². The summed E-state index contributed by atoms with van der Waals surface area (Å²) in [7, 11) is 0. The van der Waals surface area contributed by atoms with Crippen LogP contribution in [0.3, 0.4) is 0 Å². The van der Waals surface area contributed by atoms with Gasteiger partial charge >= 0.3 is 0 Å². The van der Waals surface area contributed by atoms with E-state index in [2.05, 4.69) is 31.8 Å². The molecule has 3 heteroatoms. The van der Waals surface area contributed by atoms with Crippen molar-refractivity contribution in [2.75, 3.05) is 0 Å². The minimum absolute atomic E-state index is 0.133. The number of aromatic nitrogens is 1. The van der Waals surface area contributed by atoms with E-state index in [9.17, 15) is 0 Å². The number of hydrogen-bond donors (Lipinski definition) is 1. The monoisotopic (exact) mass is 244 g/mol. The SMILES string of the molecule is CC(C)C(C)Oc1nc(CN)cc2ccccc12. The quantitative estimate of drug-likeness (QED) is 0.899. The number of hydrogen-bond acceptors (Lipinski definition) is 3. The highest BCUT2D eigenvalue weighted by atomic mass is 16.5. The lowest BCUT2D eigenvalue weighted by Crippen LogP contribution is -2.19. The van der Waals surface area contributed by atoms with Gasteiger partial charge in [0.05, 0.1) is 11.8 Å². The van der Waals surface area contributed by atoms with Crippen molar-refractivity contribution in [3.05, 3.63) is 36.0 Å². The van der Waals surface area contributed by atoms with Crippen molar-refractivity contribution in [1.82, 2.24) is 4.98 Å². The minimum atomic E-state index is 0.133. The van der Waals surface area contributed by atoms with Crippen molar-refractivity contribution in [3.8, 4) is 5.88 Å². The molecule has 0 spiro atoms. The number of nitrogens with two attached hydrogens (primary N) is 1. The van der Waals surface area contributed by atoms with Gasteiger partial charge in [0.25, 0.3) is 0 Å². The van der Waals surface area contributed by atoms with E-state index in [-0.39, 0.29) is 6.10 Å². The topological polar surface area (TPSA) is 48.1 Å². The van der Waals surface area contributed by atoms with Crippen LogP contribution < -0.4 is 10.5 Å². The average Bonchev–Trinajstić information content (AvgIpc) is 2.38. The molecular weight excluding hydrogens is 224 g/mol. The third kappa shape index (κ3) is 2.62. The second-order valence-electron chi connectivity index (χ2n) is 4.91. The highest BCUT2D eigenvalue weighted by molar-refractivity contribution is 5.87. The Labute approximate surface area is 108 Å². The molecule has 0 amide bonds. The van der Waals surface area contributed by atoms with Crippen LogP contribution in [0.5, 0.6) is 5.88 Å². The first-order chi connectivity index (χ1) is 8.61. The molecule has 0 saturated heterocycles. The van der Waals surface area contributed by atoms with Crippen LogP contribution in [0.25, 0.3) is 10.8 Å². The molecule has 0 bridgehead atoms. The second-order valence-corrected chi connectivity index (χ2v) is 4.91. The molecule has 0 radical (unpaired) electrons. The van der Waals surface area contributed by atoms with Gasteiger partial charge in [-0.2, -0.15) is 0 Å². The van der Waals surface area contributed by atoms with E-state index in [1.807, 2.05) is 24.3 Å². The Morgan fingerprint density at radius 1 is 1.22 bits per heavy atom. The Morgan fingerprint density at radius 3 is 2.61 bits per heavy atom. The zero-order valence-corrected chi connectivity index (χ0v) is 11.2. The number of benzene rings is 1. The Morgan fingerprint density at radius 2 is 1.94 bits per heavy atom. The fourth-order valence-electron chi connectivity index (χ4n) is 1.73. The van der Waals surface area contributed by atoms with Gasteiger partial charge in [-0.15, -0.1) is 0 Å². The van der Waals surface area contributed by atoms with Gasteiger partial charge in [0, 0.05) is 11.9 Å². The Balaban J connectivity index is 2.47. The first-order valence-electron chi connectivity index (χ1n) is 6.37. The average molecular weight is 244 g/mol. The van der Waals surface area contributed by atoms with E-state index in [4.69, 9.17) is 10.5 Å². The van der Waals surface area contributed by atoms with Gasteiger partial charge < -0.3 is 10.5 Å². The van der Waals surface area contributed by atoms with Gasteiger partial charge in [0.1, 0.15) is 0 Å². The predicted molar refractivity (Wildman–Crippen MR) is 74.6 cm³/mol. The molecule has 1 unspecified atom stereocenters. The predicted octanol–water partition coefficient (Wildman–Crippen LogP) is 3.12. The summed E-state index contributed by atoms with van der Waals surface area (Å²) in [6.07, 6.45) is 0.133. The van der Waals surface area contributed by atoms with Crippen molar-refractivity contribution in [3.63, 3.8) is 0 Å². The molecule has 1 atom stereocenters. The van der Waals surface area contributed by atoms with Crippen LogP contribution in [0.2, 0.25) is 0 Å². The molecule has 2 aromatic rings. The van der Waals surface area contributed by atoms with Gasteiger partial charge in [0.2, 0.25) is 5.88 Å². The number of fused-ring (bicyclic) bond motifs is 1. The summed E-state index contributed by atoms with van der Waals surface area (Å²) in [5, 5.41) is 2.17. The standard InChI is InChI=1S/C15H20N2O/c1-10(2)11(3)18-15-14-7-5-4-6-12(14)8-13(9-16)17-15/h4-8,10-11H,9,16H2,1-3H3. The summed E-state index contributed by atoms with van der Waals surface area (Å²) >= 11 is 0. The molecule has 1 heterocycles. The first kappa shape index (κ1) is 12.8. The maximum Gasteiger partial charge on any atom is 0.221 e. The number of nitrogens with zero attached hydrogens (tertiary/aromatic N) is 1. The molecule has 0 aliphatic rings. The zero-order chi connectivity index (χ0) is 13.1. The number of pyridine rings is 1. The molecule has 1 aromatic carbocycles. The Hall–Kier alpha value is -1.61. The highest BCUT2D eigenvalue weighted by Gasteiger charge is 2.13. The summed E-state index contributed by atoms with van der Waals surface area (Å²) in [6.45, 7) is 6.77. The van der Waals surface area contributed by atoms with Crippen molar-refractivity contribution in [2.45, 2.75) is 33.4 Å². The lowest BCUT2D eigenvalue weighted by molar-refractivity contribution is 0.165. The molecule has 3 nitrogen and oxygen atoms in total. The smallest absolute Gasteiger partial charge is 0.221 e. The summed E-state index contributed by atoms with van der Waals surface area (Å²) in [5.74, 6) is 1.14. The fraction of sp³-hybridized carbons (Fsp3) is 0.400. The van der Waals surface area contributed by atoms with Gasteiger partial charge in [-0.3, -0.25) is 0 Å². The van der Waals surface area contributed by atoms with Gasteiger partial charge in [0.15, 0.2) is 0 Å². The van der Waals surface area contributed by atoms with Gasteiger partial charge in [-0.05, 0) is 30.4 Å². The lowest BCUT2D eigenvalue weighted by Gasteiger charge is -2.19. The molecule has 0 fully saturated rings. The van der Waals surface area contributed by atoms with Crippen molar-refractivity contribution < 1.29 is 4.74 Å². The molecule has 0 aliphatic heterocycles. The first-order valence-corrected chi connectivity index (χ1v) is 6.37. The molecule has 2 rings (SSSR count). The van der Waals surface area contributed by atoms with E-state index in [1.165, 1.54) is 0 Å². The largest absolute Gasteiger partial charge is 0.474 e. The fourth-order valence-corrected chi connectivity index (χ4v) is 1.73. The van der Waals surface area contributed by atoms with Gasteiger partial charge in [-0.25, -0.2) is 4.98 Å². The molecular formula is C15H20N2O. The molecule has 0 saturated carbocycles. The van der Waals surface area contributed by atoms with E-state index >= 15 is 0 Å². The molecule has 2 N–H and O–H groups in total. The molecule has 96 valence electrons. The lowest BCUT2D eigenvalue weighted by atomic mass is 10.1. The maximum absolute atomic E-state index is 5.96. The minimum Gasteiger partial charge on any atom is -0.474 e. The van der Waals surface area contributed by atoms with E-state index in [1.54, 1.807) is 0 Å². The van der Waals surface area contributed by atoms with Crippen molar-refractivity contribution >= 4 is 10.8 Å². The summed E-state index contributed by atoms with van der Waals surface area (Å²) < 4.78 is 5.96. The van der Waals surface area contributed by atoms with Crippen LogP contribution in [0.15, 0.2) is 30.3 Å². The van der Waals surface area contributed by atoms with Crippen LogP contribution in [0.1, 0.15) is 26.5 Å². The third-order valence-corrected chi connectivity index (χ3v) is 3.20. The normalized spacial score (nSPS) is 12.9. The van der Waals surface area contributed by atoms with E-state index in [0.717, 1.165) is 16.5 Å². The second kappa shape index (κ2) is 5.36. The number of ether oxygens (including phenoxy) is 1. The maximum atomic E-state index is 5.96. The Bertz CT molecular complexity index is 537. The van der Waals surface area contributed by atoms with Crippen LogP contribution in [0.4, 0.5) is 0 Å². The van der Waals surface area contributed by atoms with Crippen LogP contribution in [0, 0.1) is 5.92 Å². The van der Waals surface area contributed by atoms with Gasteiger partial charge in [-0.1, -0.05) is 32.0 Å². The zero-order valence-electron chi connectivity index (χ0n) is 11.2. The van der Waals surface area contributed by atoms with Crippen LogP contribution in [-0.2, 0) is 6.54 Å². The highest BCUT2D eigenvalue weighted by Crippen LogP contribution is 2.26. The van der Waals surface area contributed by atoms with Crippen molar-refractivity contribution in [2.24, 2.45) is 11.7 Å². The molecule has 0 aliphatic carbocycles. The number of rotatable bonds is 4. The third-order valence-electron chi connectivity index (χ3n) is 3.20. The molecule has 18 heavy (non-hydrogen) atoms. The summed E-state index contributed by atoms with van der Waals surface area (Å²) in [5.41, 5.74) is 6.54.